The van der Waals surface area contributed by atoms with Gasteiger partial charge >= 0.3 is 0 Å². The van der Waals surface area contributed by atoms with E-state index in [1.54, 1.807) is 0 Å². The molecule has 0 aliphatic carbocycles. The van der Waals surface area contributed by atoms with E-state index in [0.717, 1.165) is 22.7 Å². The van der Waals surface area contributed by atoms with Gasteiger partial charge in [0, 0.05) is 42.3 Å². The molecular weight excluding hydrogens is 757 g/mol. The van der Waals surface area contributed by atoms with E-state index in [0.29, 0.717) is 0 Å². The first-order valence-electron chi connectivity index (χ1n) is 20.8. The Balaban J connectivity index is 1.05. The zero-order valence-electron chi connectivity index (χ0n) is 33.2. The van der Waals surface area contributed by atoms with Crippen LogP contribution in [-0.4, -0.2) is 4.57 Å². The van der Waals surface area contributed by atoms with Crippen LogP contribution in [0.3, 0.4) is 0 Å². The van der Waals surface area contributed by atoms with Crippen LogP contribution in [0.15, 0.2) is 231 Å². The molecule has 0 amide bonds. The lowest BCUT2D eigenvalue weighted by Gasteiger charge is -2.29. The van der Waals surface area contributed by atoms with Crippen molar-refractivity contribution in [2.45, 2.75) is 0 Å². The van der Waals surface area contributed by atoms with Gasteiger partial charge in [-0.1, -0.05) is 164 Å². The third-order valence-corrected chi connectivity index (χ3v) is 13.3. The highest BCUT2D eigenvalue weighted by molar-refractivity contribution is 7.25. The van der Waals surface area contributed by atoms with E-state index < -0.39 is 0 Å². The highest BCUT2D eigenvalue weighted by Gasteiger charge is 2.21. The van der Waals surface area contributed by atoms with Crippen molar-refractivity contribution < 1.29 is 0 Å². The molecule has 0 saturated heterocycles. The Morgan fingerprint density at radius 3 is 1.66 bits per heavy atom. The van der Waals surface area contributed by atoms with Crippen molar-refractivity contribution >= 4 is 81.1 Å². The van der Waals surface area contributed by atoms with Crippen LogP contribution in [-0.2, 0) is 0 Å². The van der Waals surface area contributed by atoms with Gasteiger partial charge in [-0.15, -0.1) is 11.3 Å². The maximum Gasteiger partial charge on any atom is 0.0702 e. The maximum atomic E-state index is 2.43. The lowest BCUT2D eigenvalue weighted by molar-refractivity contribution is 1.15. The van der Waals surface area contributed by atoms with Crippen molar-refractivity contribution in [1.82, 2.24) is 4.57 Å². The molecule has 0 fully saturated rings. The molecule has 2 heterocycles. The van der Waals surface area contributed by atoms with Gasteiger partial charge in [0.2, 0.25) is 0 Å². The molecule has 0 atom stereocenters. The predicted octanol–water partition coefficient (Wildman–Crippen LogP) is 16.8. The molecule has 12 aromatic rings. The topological polar surface area (TPSA) is 8.17 Å². The Kier molecular flexibility index (Phi) is 8.39. The molecule has 0 aliphatic heterocycles. The molecule has 12 rings (SSSR count). The number of rotatable bonds is 7. The Bertz CT molecular complexity index is 3540. The van der Waals surface area contributed by atoms with Crippen molar-refractivity contribution in [3.05, 3.63) is 231 Å². The molecule has 0 radical (unpaired) electrons. The van der Waals surface area contributed by atoms with E-state index in [9.17, 15) is 0 Å². The van der Waals surface area contributed by atoms with Crippen molar-refractivity contribution in [3.63, 3.8) is 0 Å². The Morgan fingerprint density at radius 1 is 0.344 bits per heavy atom. The predicted molar refractivity (Wildman–Crippen MR) is 262 cm³/mol. The van der Waals surface area contributed by atoms with Crippen LogP contribution >= 0.6 is 11.3 Å². The van der Waals surface area contributed by atoms with E-state index in [-0.39, 0.29) is 0 Å². The zero-order chi connectivity index (χ0) is 40.3. The van der Waals surface area contributed by atoms with Gasteiger partial charge in [-0.2, -0.15) is 0 Å². The van der Waals surface area contributed by atoms with Crippen molar-refractivity contribution in [2.75, 3.05) is 4.90 Å². The average molecular weight is 795 g/mol. The molecule has 0 unspecified atom stereocenters. The normalized spacial score (nSPS) is 11.6. The molecular formula is C58H38N2S. The second kappa shape index (κ2) is 14.5. The molecule has 0 N–H and O–H groups in total. The number of hydrogen-bond acceptors (Lipinski definition) is 2. The highest BCUT2D eigenvalue weighted by atomic mass is 32.1. The van der Waals surface area contributed by atoms with Crippen molar-refractivity contribution in [1.29, 1.82) is 0 Å². The number of para-hydroxylation sites is 4. The van der Waals surface area contributed by atoms with Gasteiger partial charge in [0.05, 0.1) is 22.4 Å². The summed E-state index contributed by atoms with van der Waals surface area (Å²) in [4.78, 5) is 2.43. The van der Waals surface area contributed by atoms with Gasteiger partial charge in [0.1, 0.15) is 0 Å². The minimum absolute atomic E-state index is 1.08. The third kappa shape index (κ3) is 5.93. The molecule has 286 valence electrons. The molecule has 2 aromatic heterocycles. The van der Waals surface area contributed by atoms with E-state index >= 15 is 0 Å². The fourth-order valence-corrected chi connectivity index (χ4v) is 10.5. The molecule has 10 aromatic carbocycles. The van der Waals surface area contributed by atoms with Crippen LogP contribution in [0, 0.1) is 0 Å². The number of hydrogen-bond donors (Lipinski definition) is 0. The molecule has 3 heteroatoms. The minimum Gasteiger partial charge on any atom is -0.308 e. The van der Waals surface area contributed by atoms with E-state index in [4.69, 9.17) is 0 Å². The molecule has 0 spiro atoms. The van der Waals surface area contributed by atoms with Gasteiger partial charge in [-0.3, -0.25) is 0 Å². The summed E-state index contributed by atoms with van der Waals surface area (Å²) in [7, 11) is 0. The number of benzene rings is 10. The van der Waals surface area contributed by atoms with E-state index in [2.05, 4.69) is 240 Å². The quantitative estimate of drug-likeness (QED) is 0.156. The number of fused-ring (bicyclic) bond motifs is 7. The van der Waals surface area contributed by atoms with Gasteiger partial charge in [-0.25, -0.2) is 0 Å². The minimum atomic E-state index is 1.08. The first-order chi connectivity index (χ1) is 30.3. The standard InChI is InChI=1S/C58H38N2S/c1-2-15-39(16-3-1)46-24-13-17-41-18-14-25-47(58(41)46)40-31-34-44(35-32-40)59(45-20-12-19-42(37-45)43-33-36-57-51(38-43)50-23-6-11-30-56(50)61-57)54-28-9-10-29-55(54)60-52-26-7-4-21-48(52)49-22-5-8-27-53(49)60/h1-38H. The second-order valence-electron chi connectivity index (χ2n) is 15.7. The largest absolute Gasteiger partial charge is 0.308 e. The summed E-state index contributed by atoms with van der Waals surface area (Å²) >= 11 is 1.86. The molecule has 0 saturated carbocycles. The summed E-state index contributed by atoms with van der Waals surface area (Å²) in [5, 5.41) is 7.59. The van der Waals surface area contributed by atoms with E-state index in [1.807, 2.05) is 11.3 Å². The van der Waals surface area contributed by atoms with Crippen LogP contribution in [0.5, 0.6) is 0 Å². The number of anilines is 3. The van der Waals surface area contributed by atoms with Gasteiger partial charge in [0.25, 0.3) is 0 Å². The lowest BCUT2D eigenvalue weighted by atomic mass is 9.91. The number of aromatic nitrogens is 1. The highest BCUT2D eigenvalue weighted by Crippen LogP contribution is 2.44. The van der Waals surface area contributed by atoms with Crippen LogP contribution in [0.4, 0.5) is 17.1 Å². The van der Waals surface area contributed by atoms with Crippen LogP contribution in [0.1, 0.15) is 0 Å². The summed E-state index contributed by atoms with van der Waals surface area (Å²) in [6.45, 7) is 0. The third-order valence-electron chi connectivity index (χ3n) is 12.2. The first-order valence-corrected chi connectivity index (χ1v) is 21.7. The number of thiophene rings is 1. The summed E-state index contributed by atoms with van der Waals surface area (Å²) in [5.41, 5.74) is 14.0. The van der Waals surface area contributed by atoms with Crippen molar-refractivity contribution in [2.24, 2.45) is 0 Å². The number of nitrogens with zero attached hydrogens (tertiary/aromatic N) is 2. The van der Waals surface area contributed by atoms with Gasteiger partial charge < -0.3 is 9.47 Å². The summed E-state index contributed by atoms with van der Waals surface area (Å²) in [5.74, 6) is 0. The van der Waals surface area contributed by atoms with E-state index in [1.165, 1.54) is 86.1 Å². The second-order valence-corrected chi connectivity index (χ2v) is 16.8. The van der Waals surface area contributed by atoms with Crippen LogP contribution in [0.2, 0.25) is 0 Å². The molecule has 2 nitrogen and oxygen atoms in total. The SMILES string of the molecule is c1ccc(-c2cccc3cccc(-c4ccc(N(c5cccc(-c6ccc7sc8ccccc8c7c6)c5)c5ccccc5-n5c6ccccc6c6ccccc65)cc4)c23)cc1. The lowest BCUT2D eigenvalue weighted by Crippen LogP contribution is -2.13. The molecule has 61 heavy (non-hydrogen) atoms. The Hall–Kier alpha value is -7.72. The monoisotopic (exact) mass is 794 g/mol. The fraction of sp³-hybridized carbons (Fsp3) is 0. The molecule has 0 aliphatic rings. The Labute approximate surface area is 358 Å². The smallest absolute Gasteiger partial charge is 0.0702 e. The summed E-state index contributed by atoms with van der Waals surface area (Å²) in [6, 6.07) is 84.2. The summed E-state index contributed by atoms with van der Waals surface area (Å²) in [6.07, 6.45) is 0. The van der Waals surface area contributed by atoms with Crippen LogP contribution in [0.25, 0.3) is 91.8 Å². The van der Waals surface area contributed by atoms with Crippen LogP contribution < -0.4 is 4.90 Å². The molecule has 0 bridgehead atoms. The fourth-order valence-electron chi connectivity index (χ4n) is 9.41. The Morgan fingerprint density at radius 2 is 0.902 bits per heavy atom. The van der Waals surface area contributed by atoms with Gasteiger partial charge in [0.15, 0.2) is 0 Å². The van der Waals surface area contributed by atoms with Crippen molar-refractivity contribution in [3.8, 4) is 39.1 Å². The summed E-state index contributed by atoms with van der Waals surface area (Å²) < 4.78 is 5.06. The van der Waals surface area contributed by atoms with Gasteiger partial charge in [-0.05, 0) is 111 Å². The average Bonchev–Trinajstić information content (AvgIpc) is 3.88. The maximum absolute atomic E-state index is 2.43. The zero-order valence-corrected chi connectivity index (χ0v) is 34.1. The first kappa shape index (κ1) is 35.2.